The van der Waals surface area contributed by atoms with E-state index in [1.807, 2.05) is 43.3 Å². The van der Waals surface area contributed by atoms with Crippen LogP contribution < -0.4 is 9.64 Å². The Kier molecular flexibility index (Phi) is 6.54. The molecule has 0 bridgehead atoms. The van der Waals surface area contributed by atoms with E-state index < -0.39 is 10.0 Å². The van der Waals surface area contributed by atoms with Crippen LogP contribution >= 0.6 is 11.5 Å². The summed E-state index contributed by atoms with van der Waals surface area (Å²) in [5.41, 5.74) is 2.14. The number of aryl methyl sites for hydroxylation is 1. The van der Waals surface area contributed by atoms with Crippen LogP contribution in [0.4, 0.5) is 5.13 Å². The first-order valence-electron chi connectivity index (χ1n) is 10.2. The topological polar surface area (TPSA) is 75.6 Å². The van der Waals surface area contributed by atoms with Crippen LogP contribution in [0.3, 0.4) is 0 Å². The highest BCUT2D eigenvalue weighted by Crippen LogP contribution is 2.24. The molecule has 0 amide bonds. The zero-order valence-corrected chi connectivity index (χ0v) is 19.3. The minimum absolute atomic E-state index is 0.350. The molecule has 1 aromatic heterocycles. The van der Waals surface area contributed by atoms with Crippen molar-refractivity contribution in [1.82, 2.24) is 13.7 Å². The van der Waals surface area contributed by atoms with Gasteiger partial charge in [-0.05, 0) is 43.2 Å². The first-order valence-corrected chi connectivity index (χ1v) is 12.4. The van der Waals surface area contributed by atoms with Crippen molar-refractivity contribution in [3.8, 4) is 5.75 Å². The Labute approximate surface area is 187 Å². The van der Waals surface area contributed by atoms with Gasteiger partial charge >= 0.3 is 0 Å². The lowest BCUT2D eigenvalue weighted by Crippen LogP contribution is -2.35. The lowest BCUT2D eigenvalue weighted by atomic mass is 10.1. The number of ether oxygens (including phenoxy) is 1. The smallest absolute Gasteiger partial charge is 0.243 e. The quantitative estimate of drug-likeness (QED) is 0.564. The van der Waals surface area contributed by atoms with Crippen LogP contribution in [0.5, 0.6) is 5.75 Å². The Morgan fingerprint density at radius 1 is 1.06 bits per heavy atom. The molecule has 3 aromatic rings. The van der Waals surface area contributed by atoms with E-state index in [1.54, 1.807) is 23.5 Å². The third-order valence-electron chi connectivity index (χ3n) is 5.34. The number of sulfonamides is 1. The molecule has 7 nitrogen and oxygen atoms in total. The van der Waals surface area contributed by atoms with E-state index >= 15 is 0 Å². The van der Waals surface area contributed by atoms with Crippen molar-refractivity contribution in [2.75, 3.05) is 38.2 Å². The molecule has 9 heteroatoms. The molecule has 164 valence electrons. The SMILES string of the molecule is COc1cccc(Cc2nsc(N3CCCN(S(=O)(=O)c4ccc(C)cc4)CC3)n2)c1. The zero-order valence-electron chi connectivity index (χ0n) is 17.7. The van der Waals surface area contributed by atoms with Crippen molar-refractivity contribution < 1.29 is 13.2 Å². The van der Waals surface area contributed by atoms with Gasteiger partial charge in [-0.3, -0.25) is 0 Å². The Balaban J connectivity index is 1.42. The third kappa shape index (κ3) is 5.06. The summed E-state index contributed by atoms with van der Waals surface area (Å²) in [6.45, 7) is 4.24. The normalized spacial score (nSPS) is 15.6. The van der Waals surface area contributed by atoms with E-state index in [1.165, 1.54) is 11.5 Å². The molecule has 31 heavy (non-hydrogen) atoms. The summed E-state index contributed by atoms with van der Waals surface area (Å²) in [6, 6.07) is 14.9. The maximum Gasteiger partial charge on any atom is 0.243 e. The number of aromatic nitrogens is 2. The second kappa shape index (κ2) is 9.33. The molecule has 2 aromatic carbocycles. The third-order valence-corrected chi connectivity index (χ3v) is 8.07. The fourth-order valence-electron chi connectivity index (χ4n) is 3.59. The zero-order chi connectivity index (χ0) is 21.8. The number of benzene rings is 2. The summed E-state index contributed by atoms with van der Waals surface area (Å²) in [6.07, 6.45) is 1.38. The van der Waals surface area contributed by atoms with Crippen molar-refractivity contribution in [1.29, 1.82) is 0 Å². The number of anilines is 1. The van der Waals surface area contributed by atoms with Crippen LogP contribution in [0.25, 0.3) is 0 Å². The summed E-state index contributed by atoms with van der Waals surface area (Å²) in [7, 11) is -1.83. The number of nitrogens with zero attached hydrogens (tertiary/aromatic N) is 4. The second-order valence-electron chi connectivity index (χ2n) is 7.58. The monoisotopic (exact) mass is 458 g/mol. The van der Waals surface area contributed by atoms with E-state index in [-0.39, 0.29) is 0 Å². The lowest BCUT2D eigenvalue weighted by molar-refractivity contribution is 0.414. The van der Waals surface area contributed by atoms with Crippen molar-refractivity contribution in [3.63, 3.8) is 0 Å². The van der Waals surface area contributed by atoms with E-state index in [2.05, 4.69) is 9.27 Å². The average Bonchev–Trinajstić information content (AvgIpc) is 3.08. The number of hydrogen-bond acceptors (Lipinski definition) is 7. The minimum atomic E-state index is -3.49. The maximum absolute atomic E-state index is 13.0. The van der Waals surface area contributed by atoms with Crippen LogP contribution in [0.15, 0.2) is 53.4 Å². The number of rotatable bonds is 6. The van der Waals surface area contributed by atoms with Gasteiger partial charge in [0.15, 0.2) is 0 Å². The Morgan fingerprint density at radius 2 is 1.87 bits per heavy atom. The lowest BCUT2D eigenvalue weighted by Gasteiger charge is -2.21. The first kappa shape index (κ1) is 21.7. The van der Waals surface area contributed by atoms with Crippen molar-refractivity contribution in [3.05, 3.63) is 65.5 Å². The predicted octanol–water partition coefficient (Wildman–Crippen LogP) is 3.35. The number of methoxy groups -OCH3 is 1. The fraction of sp³-hybridized carbons (Fsp3) is 0.364. The number of hydrogen-bond donors (Lipinski definition) is 0. The van der Waals surface area contributed by atoms with Gasteiger partial charge in [-0.1, -0.05) is 29.8 Å². The summed E-state index contributed by atoms with van der Waals surface area (Å²) < 4.78 is 37.4. The van der Waals surface area contributed by atoms with Gasteiger partial charge in [0.25, 0.3) is 0 Å². The minimum Gasteiger partial charge on any atom is -0.497 e. The molecule has 1 fully saturated rings. The van der Waals surface area contributed by atoms with Gasteiger partial charge in [0.1, 0.15) is 11.6 Å². The summed E-state index contributed by atoms with van der Waals surface area (Å²) >= 11 is 1.37. The van der Waals surface area contributed by atoms with Gasteiger partial charge in [-0.2, -0.15) is 8.68 Å². The average molecular weight is 459 g/mol. The van der Waals surface area contributed by atoms with Crippen LogP contribution in [-0.2, 0) is 16.4 Å². The van der Waals surface area contributed by atoms with Crippen molar-refractivity contribution in [2.45, 2.75) is 24.7 Å². The molecule has 2 heterocycles. The standard InChI is InChI=1S/C22H26N4O3S2/c1-17-7-9-20(10-8-17)31(27,28)26-12-4-11-25(13-14-26)22-23-21(24-30-22)16-18-5-3-6-19(15-18)29-2/h3,5-10,15H,4,11-14,16H2,1-2H3. The summed E-state index contributed by atoms with van der Waals surface area (Å²) in [5, 5.41) is 0.840. The second-order valence-corrected chi connectivity index (χ2v) is 10.2. The molecule has 0 aliphatic carbocycles. The van der Waals surface area contributed by atoms with E-state index in [0.717, 1.165) is 40.8 Å². The van der Waals surface area contributed by atoms with Crippen molar-refractivity contribution >= 4 is 26.7 Å². The summed E-state index contributed by atoms with van der Waals surface area (Å²) in [5.74, 6) is 1.58. The Morgan fingerprint density at radius 3 is 2.65 bits per heavy atom. The van der Waals surface area contributed by atoms with Gasteiger partial charge in [0, 0.05) is 44.1 Å². The highest BCUT2D eigenvalue weighted by atomic mass is 32.2. The molecule has 1 aliphatic heterocycles. The highest BCUT2D eigenvalue weighted by Gasteiger charge is 2.27. The van der Waals surface area contributed by atoms with E-state index in [4.69, 9.17) is 9.72 Å². The van der Waals surface area contributed by atoms with Crippen LogP contribution in [0.1, 0.15) is 23.4 Å². The summed E-state index contributed by atoms with van der Waals surface area (Å²) in [4.78, 5) is 7.19. The Hall–Kier alpha value is -2.49. The van der Waals surface area contributed by atoms with Crippen LogP contribution in [0.2, 0.25) is 0 Å². The first-order chi connectivity index (χ1) is 15.0. The molecule has 0 radical (unpaired) electrons. The predicted molar refractivity (Wildman–Crippen MR) is 122 cm³/mol. The van der Waals surface area contributed by atoms with Gasteiger partial charge in [-0.15, -0.1) is 0 Å². The fourth-order valence-corrected chi connectivity index (χ4v) is 5.80. The van der Waals surface area contributed by atoms with Gasteiger partial charge < -0.3 is 9.64 Å². The molecule has 0 spiro atoms. The molecule has 4 rings (SSSR count). The van der Waals surface area contributed by atoms with E-state index in [0.29, 0.717) is 31.0 Å². The van der Waals surface area contributed by atoms with Gasteiger partial charge in [0.2, 0.25) is 15.2 Å². The van der Waals surface area contributed by atoms with Crippen LogP contribution in [0, 0.1) is 6.92 Å². The highest BCUT2D eigenvalue weighted by molar-refractivity contribution is 7.89. The molecular weight excluding hydrogens is 432 g/mol. The molecule has 0 atom stereocenters. The molecule has 0 N–H and O–H groups in total. The molecular formula is C22H26N4O3S2. The van der Waals surface area contributed by atoms with Crippen LogP contribution in [-0.4, -0.2) is 55.4 Å². The molecule has 0 unspecified atom stereocenters. The molecule has 0 saturated carbocycles. The van der Waals surface area contributed by atoms with Crippen molar-refractivity contribution in [2.24, 2.45) is 0 Å². The van der Waals surface area contributed by atoms with E-state index in [9.17, 15) is 8.42 Å². The van der Waals surface area contributed by atoms with Gasteiger partial charge in [-0.25, -0.2) is 13.4 Å². The Bertz CT molecular complexity index is 1130. The molecule has 1 aliphatic rings. The maximum atomic E-state index is 13.0. The van der Waals surface area contributed by atoms with Gasteiger partial charge in [0.05, 0.1) is 12.0 Å². The largest absolute Gasteiger partial charge is 0.497 e. The molecule has 1 saturated heterocycles.